The summed E-state index contributed by atoms with van der Waals surface area (Å²) >= 11 is 5.05. The fraction of sp³-hybridized carbons (Fsp3) is 0.167. The number of ether oxygens (including phenoxy) is 1. The molecular formula is C6HClF5NO. The van der Waals surface area contributed by atoms with Crippen molar-refractivity contribution in [2.45, 2.75) is 6.36 Å². The van der Waals surface area contributed by atoms with Crippen LogP contribution in [0.25, 0.3) is 0 Å². The Bertz CT molecular complexity index is 330. The van der Waals surface area contributed by atoms with Crippen LogP contribution in [0, 0.1) is 11.8 Å². The molecule has 0 N–H and O–H groups in total. The molecule has 0 saturated heterocycles. The van der Waals surface area contributed by atoms with Crippen molar-refractivity contribution >= 4 is 11.6 Å². The summed E-state index contributed by atoms with van der Waals surface area (Å²) in [6.07, 6.45) is -5.03. The van der Waals surface area contributed by atoms with Gasteiger partial charge < -0.3 is 4.74 Å². The van der Waals surface area contributed by atoms with Crippen molar-refractivity contribution in [1.29, 1.82) is 0 Å². The minimum absolute atomic E-state index is 0.424. The van der Waals surface area contributed by atoms with Crippen LogP contribution in [-0.4, -0.2) is 11.3 Å². The van der Waals surface area contributed by atoms with Crippen molar-refractivity contribution in [3.8, 4) is 5.88 Å². The van der Waals surface area contributed by atoms with E-state index in [0.717, 1.165) is 0 Å². The van der Waals surface area contributed by atoms with Crippen molar-refractivity contribution in [1.82, 2.24) is 4.98 Å². The number of halogens is 6. The molecule has 0 fully saturated rings. The second kappa shape index (κ2) is 3.56. The van der Waals surface area contributed by atoms with Crippen molar-refractivity contribution < 1.29 is 26.7 Å². The van der Waals surface area contributed by atoms with Crippen LogP contribution in [0.5, 0.6) is 5.88 Å². The van der Waals surface area contributed by atoms with E-state index in [0.29, 0.717) is 6.07 Å². The van der Waals surface area contributed by atoms with E-state index in [1.54, 1.807) is 0 Å². The monoisotopic (exact) mass is 233 g/mol. The van der Waals surface area contributed by atoms with Crippen LogP contribution in [-0.2, 0) is 0 Å². The molecule has 8 heteroatoms. The Labute approximate surface area is 79.3 Å². The van der Waals surface area contributed by atoms with Crippen molar-refractivity contribution in [2.75, 3.05) is 0 Å². The summed E-state index contributed by atoms with van der Waals surface area (Å²) in [4.78, 5) is 2.55. The standard InChI is InChI=1S/C6HClF5NO/c7-2-1-3(14-6(10,11)12)13-5(9)4(2)8/h1H. The van der Waals surface area contributed by atoms with Crippen LogP contribution in [0.15, 0.2) is 6.07 Å². The van der Waals surface area contributed by atoms with Crippen LogP contribution in [0.3, 0.4) is 0 Å². The molecule has 0 aliphatic carbocycles. The molecule has 0 spiro atoms. The van der Waals surface area contributed by atoms with E-state index in [2.05, 4.69) is 9.72 Å². The quantitative estimate of drug-likeness (QED) is 0.550. The molecule has 1 heterocycles. The molecule has 0 radical (unpaired) electrons. The molecule has 1 aromatic heterocycles. The number of nitrogens with zero attached hydrogens (tertiary/aromatic N) is 1. The lowest BCUT2D eigenvalue weighted by molar-refractivity contribution is -0.276. The van der Waals surface area contributed by atoms with Gasteiger partial charge in [-0.25, -0.2) is 4.39 Å². The zero-order chi connectivity index (χ0) is 10.9. The van der Waals surface area contributed by atoms with Gasteiger partial charge in [0, 0.05) is 6.07 Å². The average molecular weight is 234 g/mol. The molecule has 78 valence electrons. The normalized spacial score (nSPS) is 11.6. The van der Waals surface area contributed by atoms with Crippen molar-refractivity contribution in [3.05, 3.63) is 22.9 Å². The Hall–Kier alpha value is -1.11. The second-order valence-electron chi connectivity index (χ2n) is 2.09. The zero-order valence-electron chi connectivity index (χ0n) is 6.20. The van der Waals surface area contributed by atoms with Crippen molar-refractivity contribution in [3.63, 3.8) is 0 Å². The van der Waals surface area contributed by atoms with Gasteiger partial charge in [-0.05, 0) is 0 Å². The van der Waals surface area contributed by atoms with Crippen LogP contribution in [0.1, 0.15) is 0 Å². The molecule has 0 bridgehead atoms. The Morgan fingerprint density at radius 2 is 1.86 bits per heavy atom. The Kier molecular flexibility index (Phi) is 2.79. The molecule has 14 heavy (non-hydrogen) atoms. The summed E-state index contributed by atoms with van der Waals surface area (Å²) in [5, 5.41) is -0.836. The Morgan fingerprint density at radius 1 is 1.29 bits per heavy atom. The highest BCUT2D eigenvalue weighted by Crippen LogP contribution is 2.25. The second-order valence-corrected chi connectivity index (χ2v) is 2.50. The van der Waals surface area contributed by atoms with E-state index in [1.807, 2.05) is 0 Å². The molecule has 0 aromatic carbocycles. The molecule has 1 aromatic rings. The Morgan fingerprint density at radius 3 is 2.29 bits per heavy atom. The lowest BCUT2D eigenvalue weighted by atomic mass is 10.4. The first-order valence-corrected chi connectivity index (χ1v) is 3.44. The summed E-state index contributed by atoms with van der Waals surface area (Å²) in [7, 11) is 0. The maximum absolute atomic E-state index is 12.4. The topological polar surface area (TPSA) is 22.1 Å². The minimum Gasteiger partial charge on any atom is -0.388 e. The number of pyridine rings is 1. The highest BCUT2D eigenvalue weighted by molar-refractivity contribution is 6.30. The molecule has 0 atom stereocenters. The first kappa shape index (κ1) is 11.0. The van der Waals surface area contributed by atoms with Gasteiger partial charge in [0.05, 0.1) is 5.02 Å². The summed E-state index contributed by atoms with van der Waals surface area (Å²) in [5.41, 5.74) is 0. The predicted molar refractivity (Wildman–Crippen MR) is 35.8 cm³/mol. The highest BCUT2D eigenvalue weighted by atomic mass is 35.5. The van der Waals surface area contributed by atoms with E-state index in [1.165, 1.54) is 0 Å². The van der Waals surface area contributed by atoms with Gasteiger partial charge in [0.25, 0.3) is 5.95 Å². The van der Waals surface area contributed by atoms with Gasteiger partial charge in [0.15, 0.2) is 5.82 Å². The third kappa shape index (κ3) is 2.69. The van der Waals surface area contributed by atoms with Gasteiger partial charge in [-0.15, -0.1) is 13.2 Å². The summed E-state index contributed by atoms with van der Waals surface area (Å²) in [6.45, 7) is 0. The number of alkyl halides is 3. The number of hydrogen-bond donors (Lipinski definition) is 0. The Balaban J connectivity index is 3.02. The van der Waals surface area contributed by atoms with E-state index < -0.39 is 29.0 Å². The van der Waals surface area contributed by atoms with Crippen LogP contribution < -0.4 is 4.74 Å². The number of rotatable bonds is 1. The van der Waals surface area contributed by atoms with Gasteiger partial charge in [-0.1, -0.05) is 11.6 Å². The third-order valence-electron chi connectivity index (χ3n) is 1.07. The smallest absolute Gasteiger partial charge is 0.388 e. The predicted octanol–water partition coefficient (Wildman–Crippen LogP) is 2.91. The number of aromatic nitrogens is 1. The third-order valence-corrected chi connectivity index (χ3v) is 1.34. The molecular weight excluding hydrogens is 233 g/mol. The summed E-state index contributed by atoms with van der Waals surface area (Å²) in [5.74, 6) is -4.43. The minimum atomic E-state index is -5.03. The summed E-state index contributed by atoms with van der Waals surface area (Å²) in [6, 6.07) is 0.424. The maximum Gasteiger partial charge on any atom is 0.574 e. The van der Waals surface area contributed by atoms with Crippen LogP contribution in [0.4, 0.5) is 22.0 Å². The van der Waals surface area contributed by atoms with E-state index in [4.69, 9.17) is 11.6 Å². The van der Waals surface area contributed by atoms with Gasteiger partial charge >= 0.3 is 6.36 Å². The van der Waals surface area contributed by atoms with Gasteiger partial charge in [0.1, 0.15) is 0 Å². The SMILES string of the molecule is Fc1nc(OC(F)(F)F)cc(Cl)c1F. The molecule has 1 rings (SSSR count). The summed E-state index contributed by atoms with van der Waals surface area (Å²) < 4.78 is 62.8. The van der Waals surface area contributed by atoms with E-state index >= 15 is 0 Å². The van der Waals surface area contributed by atoms with E-state index in [-0.39, 0.29) is 0 Å². The van der Waals surface area contributed by atoms with Crippen LogP contribution in [0.2, 0.25) is 5.02 Å². The van der Waals surface area contributed by atoms with E-state index in [9.17, 15) is 22.0 Å². The molecule has 0 amide bonds. The largest absolute Gasteiger partial charge is 0.574 e. The fourth-order valence-electron chi connectivity index (χ4n) is 0.619. The lowest BCUT2D eigenvalue weighted by Gasteiger charge is -2.07. The van der Waals surface area contributed by atoms with Crippen LogP contribution >= 0.6 is 11.6 Å². The van der Waals surface area contributed by atoms with Gasteiger partial charge in [0.2, 0.25) is 5.88 Å². The molecule has 0 aliphatic rings. The highest BCUT2D eigenvalue weighted by Gasteiger charge is 2.32. The maximum atomic E-state index is 12.4. The fourth-order valence-corrected chi connectivity index (χ4v) is 0.791. The first-order chi connectivity index (χ1) is 6.29. The molecule has 0 saturated carbocycles. The zero-order valence-corrected chi connectivity index (χ0v) is 6.96. The van der Waals surface area contributed by atoms with Gasteiger partial charge in [-0.3, -0.25) is 0 Å². The van der Waals surface area contributed by atoms with Crippen molar-refractivity contribution in [2.24, 2.45) is 0 Å². The van der Waals surface area contributed by atoms with Gasteiger partial charge in [-0.2, -0.15) is 9.37 Å². The molecule has 0 aliphatic heterocycles. The first-order valence-electron chi connectivity index (χ1n) is 3.07. The average Bonchev–Trinajstić information content (AvgIpc) is 1.96. The number of hydrogen-bond acceptors (Lipinski definition) is 2. The lowest BCUT2D eigenvalue weighted by Crippen LogP contribution is -2.18. The molecule has 0 unspecified atom stereocenters. The molecule has 2 nitrogen and oxygen atoms in total.